The van der Waals surface area contributed by atoms with Gasteiger partial charge in [0.15, 0.2) is 0 Å². The van der Waals surface area contributed by atoms with Gasteiger partial charge in [-0.1, -0.05) is 6.92 Å². The van der Waals surface area contributed by atoms with Gasteiger partial charge in [-0.25, -0.2) is 0 Å². The molecule has 1 nitrogen and oxygen atoms in total. The first kappa shape index (κ1) is 7.76. The first-order chi connectivity index (χ1) is 3.12. The Balaban J connectivity index is 3.36. The SMILES string of the molecule is CC[Si](Cl)(Cl)OC. The minimum absolute atomic E-state index is 0.743. The normalized spacial score (nSPS) is 12.0. The smallest absolute Gasteiger partial charge is 0.388 e. The fraction of sp³-hybridized carbons (Fsp3) is 1.00. The van der Waals surface area contributed by atoms with Gasteiger partial charge >= 0.3 is 6.94 Å². The molecule has 0 aliphatic carbocycles. The summed E-state index contributed by atoms with van der Waals surface area (Å²) >= 11 is 11.2. The Labute approximate surface area is 54.1 Å². The van der Waals surface area contributed by atoms with Crippen molar-refractivity contribution in [2.45, 2.75) is 13.0 Å². The number of hydrogen-bond donors (Lipinski definition) is 0. The molecule has 7 heavy (non-hydrogen) atoms. The second-order valence-corrected chi connectivity index (χ2v) is 7.83. The predicted octanol–water partition coefficient (Wildman–Crippen LogP) is 2.07. The molecule has 0 saturated carbocycles. The predicted molar refractivity (Wildman–Crippen MR) is 34.9 cm³/mol. The summed E-state index contributed by atoms with van der Waals surface area (Å²) in [6.07, 6.45) is 0. The fourth-order valence-electron chi connectivity index (χ4n) is 0.144. The van der Waals surface area contributed by atoms with Crippen molar-refractivity contribution < 1.29 is 4.43 Å². The van der Waals surface area contributed by atoms with E-state index in [4.69, 9.17) is 26.6 Å². The third-order valence-corrected chi connectivity index (χ3v) is 4.66. The Morgan fingerprint density at radius 3 is 2.00 bits per heavy atom. The average molecular weight is 159 g/mol. The number of hydrogen-bond acceptors (Lipinski definition) is 1. The van der Waals surface area contributed by atoms with Gasteiger partial charge in [0.1, 0.15) is 0 Å². The fourth-order valence-corrected chi connectivity index (χ4v) is 0.433. The first-order valence-corrected chi connectivity index (χ1v) is 6.19. The van der Waals surface area contributed by atoms with E-state index < -0.39 is 6.94 Å². The Morgan fingerprint density at radius 2 is 2.00 bits per heavy atom. The third-order valence-electron chi connectivity index (χ3n) is 0.710. The lowest BCUT2D eigenvalue weighted by molar-refractivity contribution is 0.428. The van der Waals surface area contributed by atoms with Gasteiger partial charge < -0.3 is 4.43 Å². The van der Waals surface area contributed by atoms with Gasteiger partial charge in [0, 0.05) is 7.11 Å². The summed E-state index contributed by atoms with van der Waals surface area (Å²) in [4.78, 5) is 0. The monoisotopic (exact) mass is 158 g/mol. The Kier molecular flexibility index (Phi) is 3.24. The molecule has 0 rings (SSSR count). The molecule has 0 atom stereocenters. The molecule has 0 fully saturated rings. The zero-order valence-corrected chi connectivity index (χ0v) is 6.88. The van der Waals surface area contributed by atoms with Crippen molar-refractivity contribution in [1.82, 2.24) is 0 Å². The lowest BCUT2D eigenvalue weighted by Crippen LogP contribution is -2.19. The summed E-state index contributed by atoms with van der Waals surface area (Å²) in [5, 5.41) is 0. The van der Waals surface area contributed by atoms with Crippen molar-refractivity contribution >= 4 is 29.1 Å². The highest BCUT2D eigenvalue weighted by Gasteiger charge is 2.25. The molecule has 0 radical (unpaired) electrons. The maximum atomic E-state index is 5.59. The minimum Gasteiger partial charge on any atom is -0.396 e. The molecule has 0 bridgehead atoms. The lowest BCUT2D eigenvalue weighted by atomic mass is 11.0. The van der Waals surface area contributed by atoms with Crippen LogP contribution in [-0.4, -0.2) is 14.0 Å². The highest BCUT2D eigenvalue weighted by Crippen LogP contribution is 2.19. The summed E-state index contributed by atoms with van der Waals surface area (Å²) < 4.78 is 4.76. The van der Waals surface area contributed by atoms with Gasteiger partial charge in [-0.15, -0.1) is 22.2 Å². The molecule has 0 amide bonds. The molecule has 0 spiro atoms. The quantitative estimate of drug-likeness (QED) is 0.442. The highest BCUT2D eigenvalue weighted by molar-refractivity contribution is 7.42. The van der Waals surface area contributed by atoms with E-state index in [-0.39, 0.29) is 0 Å². The maximum absolute atomic E-state index is 5.59. The van der Waals surface area contributed by atoms with Crippen LogP contribution in [0.3, 0.4) is 0 Å². The van der Waals surface area contributed by atoms with Gasteiger partial charge in [-0.2, -0.15) is 0 Å². The van der Waals surface area contributed by atoms with Gasteiger partial charge in [-0.3, -0.25) is 0 Å². The number of halogens is 2. The second kappa shape index (κ2) is 2.92. The van der Waals surface area contributed by atoms with Gasteiger partial charge in [-0.05, 0) is 6.04 Å². The minimum atomic E-state index is -2.21. The van der Waals surface area contributed by atoms with Crippen LogP contribution in [0.1, 0.15) is 6.92 Å². The van der Waals surface area contributed by atoms with Crippen molar-refractivity contribution in [2.24, 2.45) is 0 Å². The van der Waals surface area contributed by atoms with E-state index in [1.807, 2.05) is 6.92 Å². The van der Waals surface area contributed by atoms with Gasteiger partial charge in [0.05, 0.1) is 0 Å². The molecule has 0 N–H and O–H groups in total. The molecule has 0 saturated heterocycles. The zero-order chi connectivity index (χ0) is 5.91. The molecule has 0 aromatic heterocycles. The van der Waals surface area contributed by atoms with E-state index in [1.165, 1.54) is 7.11 Å². The van der Waals surface area contributed by atoms with E-state index in [0.717, 1.165) is 6.04 Å². The van der Waals surface area contributed by atoms with Crippen molar-refractivity contribution in [3.05, 3.63) is 0 Å². The van der Waals surface area contributed by atoms with Crippen LogP contribution in [0.5, 0.6) is 0 Å². The summed E-state index contributed by atoms with van der Waals surface area (Å²) in [7, 11) is 1.54. The van der Waals surface area contributed by atoms with Gasteiger partial charge in [0.2, 0.25) is 0 Å². The first-order valence-electron chi connectivity index (χ1n) is 2.05. The lowest BCUT2D eigenvalue weighted by Gasteiger charge is -2.08. The molecular weight excluding hydrogens is 151 g/mol. The van der Waals surface area contributed by atoms with Crippen molar-refractivity contribution in [3.63, 3.8) is 0 Å². The van der Waals surface area contributed by atoms with Crippen LogP contribution >= 0.6 is 22.2 Å². The van der Waals surface area contributed by atoms with E-state index in [1.54, 1.807) is 0 Å². The van der Waals surface area contributed by atoms with Crippen LogP contribution < -0.4 is 0 Å². The Bertz CT molecular complexity index is 50.9. The van der Waals surface area contributed by atoms with Crippen molar-refractivity contribution in [2.75, 3.05) is 7.11 Å². The topological polar surface area (TPSA) is 9.23 Å². The molecule has 0 aliphatic heterocycles. The van der Waals surface area contributed by atoms with Crippen LogP contribution in [-0.2, 0) is 4.43 Å². The van der Waals surface area contributed by atoms with E-state index in [9.17, 15) is 0 Å². The maximum Gasteiger partial charge on any atom is 0.388 e. The van der Waals surface area contributed by atoms with Crippen LogP contribution in [0.15, 0.2) is 0 Å². The molecule has 0 aromatic rings. The van der Waals surface area contributed by atoms with E-state index in [2.05, 4.69) is 0 Å². The van der Waals surface area contributed by atoms with E-state index in [0.29, 0.717) is 0 Å². The van der Waals surface area contributed by atoms with E-state index >= 15 is 0 Å². The summed E-state index contributed by atoms with van der Waals surface area (Å²) in [6, 6.07) is 0.743. The third kappa shape index (κ3) is 3.35. The molecule has 4 heteroatoms. The average Bonchev–Trinajstić information content (AvgIpc) is 1.68. The van der Waals surface area contributed by atoms with Crippen molar-refractivity contribution in [1.29, 1.82) is 0 Å². The molecule has 0 heterocycles. The Hall–Kier alpha value is 0.757. The van der Waals surface area contributed by atoms with Crippen molar-refractivity contribution in [3.8, 4) is 0 Å². The Morgan fingerprint density at radius 1 is 1.57 bits per heavy atom. The van der Waals surface area contributed by atoms with Crippen LogP contribution in [0, 0.1) is 0 Å². The second-order valence-electron chi connectivity index (χ2n) is 1.20. The summed E-state index contributed by atoms with van der Waals surface area (Å²) in [5.74, 6) is 0. The molecule has 0 aromatic carbocycles. The van der Waals surface area contributed by atoms with Crippen LogP contribution in [0.2, 0.25) is 6.04 Å². The summed E-state index contributed by atoms with van der Waals surface area (Å²) in [5.41, 5.74) is 0. The standard InChI is InChI=1S/C3H8Cl2OSi/c1-3-7(4,5)6-2/h3H2,1-2H3. The zero-order valence-electron chi connectivity index (χ0n) is 4.37. The molecule has 44 valence electrons. The van der Waals surface area contributed by atoms with Crippen LogP contribution in [0.4, 0.5) is 0 Å². The summed E-state index contributed by atoms with van der Waals surface area (Å²) in [6.45, 7) is -0.294. The molecular formula is C3H8Cl2OSi. The van der Waals surface area contributed by atoms with Crippen LogP contribution in [0.25, 0.3) is 0 Å². The van der Waals surface area contributed by atoms with Gasteiger partial charge in [0.25, 0.3) is 0 Å². The molecule has 0 unspecified atom stereocenters. The largest absolute Gasteiger partial charge is 0.396 e. The highest BCUT2D eigenvalue weighted by atomic mass is 35.7. The number of rotatable bonds is 2. The molecule has 0 aliphatic rings.